The van der Waals surface area contributed by atoms with Gasteiger partial charge in [-0.25, -0.2) is 9.97 Å². The van der Waals surface area contributed by atoms with Crippen molar-refractivity contribution in [3.63, 3.8) is 0 Å². The predicted octanol–water partition coefficient (Wildman–Crippen LogP) is 2.47. The van der Waals surface area contributed by atoms with Crippen molar-refractivity contribution in [1.82, 2.24) is 9.97 Å². The van der Waals surface area contributed by atoms with Gasteiger partial charge < -0.3 is 11.1 Å². The van der Waals surface area contributed by atoms with Gasteiger partial charge in [0.25, 0.3) is 0 Å². The molecular weight excluding hydrogens is 236 g/mol. The summed E-state index contributed by atoms with van der Waals surface area (Å²) in [7, 11) is 0. The second kappa shape index (κ2) is 6.85. The molecule has 0 aliphatic rings. The van der Waals surface area contributed by atoms with Gasteiger partial charge in [0.15, 0.2) is 0 Å². The molecule has 0 saturated heterocycles. The maximum atomic E-state index is 5.46. The lowest BCUT2D eigenvalue weighted by Crippen LogP contribution is -2.13. The standard InChI is InChI=1S/C15H20N4/c1-2-3-12-4-6-13(7-5-12)14-10-15(17-9-8-16)19-11-18-14/h4-7,10-11H,2-3,8-9,16H2,1H3,(H,17,18,19). The molecule has 0 atom stereocenters. The van der Waals surface area contributed by atoms with Gasteiger partial charge in [0.05, 0.1) is 5.69 Å². The molecular formula is C15H20N4. The van der Waals surface area contributed by atoms with Crippen molar-refractivity contribution in [2.45, 2.75) is 19.8 Å². The Morgan fingerprint density at radius 1 is 1.16 bits per heavy atom. The van der Waals surface area contributed by atoms with E-state index in [4.69, 9.17) is 5.73 Å². The molecule has 0 fully saturated rings. The van der Waals surface area contributed by atoms with Gasteiger partial charge in [-0.15, -0.1) is 0 Å². The van der Waals surface area contributed by atoms with E-state index in [0.29, 0.717) is 13.1 Å². The third-order valence-electron chi connectivity index (χ3n) is 2.91. The van der Waals surface area contributed by atoms with E-state index in [2.05, 4.69) is 46.5 Å². The topological polar surface area (TPSA) is 63.8 Å². The fraction of sp³-hybridized carbons (Fsp3) is 0.333. The van der Waals surface area contributed by atoms with Crippen LogP contribution in [-0.2, 0) is 6.42 Å². The van der Waals surface area contributed by atoms with E-state index in [-0.39, 0.29) is 0 Å². The lowest BCUT2D eigenvalue weighted by molar-refractivity contribution is 0.922. The molecule has 0 aliphatic heterocycles. The van der Waals surface area contributed by atoms with Crippen molar-refractivity contribution in [2.24, 2.45) is 5.73 Å². The molecule has 1 aromatic carbocycles. The third-order valence-corrected chi connectivity index (χ3v) is 2.91. The maximum Gasteiger partial charge on any atom is 0.129 e. The van der Waals surface area contributed by atoms with Crippen LogP contribution in [0, 0.1) is 0 Å². The van der Waals surface area contributed by atoms with E-state index >= 15 is 0 Å². The fourth-order valence-corrected chi connectivity index (χ4v) is 1.94. The first-order chi connectivity index (χ1) is 9.33. The lowest BCUT2D eigenvalue weighted by atomic mass is 10.1. The van der Waals surface area contributed by atoms with Crippen LogP contribution in [0.2, 0.25) is 0 Å². The molecule has 100 valence electrons. The van der Waals surface area contributed by atoms with E-state index in [9.17, 15) is 0 Å². The van der Waals surface area contributed by atoms with Crippen LogP contribution >= 0.6 is 0 Å². The molecule has 0 unspecified atom stereocenters. The van der Waals surface area contributed by atoms with Crippen LogP contribution in [0.15, 0.2) is 36.7 Å². The lowest BCUT2D eigenvalue weighted by Gasteiger charge is -2.06. The summed E-state index contributed by atoms with van der Waals surface area (Å²) in [6.45, 7) is 3.49. The SMILES string of the molecule is CCCc1ccc(-c2cc(NCCN)ncn2)cc1. The second-order valence-electron chi connectivity index (χ2n) is 4.45. The Morgan fingerprint density at radius 2 is 1.95 bits per heavy atom. The molecule has 4 heteroatoms. The first-order valence-electron chi connectivity index (χ1n) is 6.68. The highest BCUT2D eigenvalue weighted by molar-refractivity contribution is 5.62. The van der Waals surface area contributed by atoms with Crippen LogP contribution in [0.5, 0.6) is 0 Å². The Balaban J connectivity index is 2.16. The summed E-state index contributed by atoms with van der Waals surface area (Å²) < 4.78 is 0. The molecule has 4 nitrogen and oxygen atoms in total. The first-order valence-corrected chi connectivity index (χ1v) is 6.68. The number of benzene rings is 1. The molecule has 1 aromatic heterocycles. The molecule has 0 bridgehead atoms. The van der Waals surface area contributed by atoms with Crippen LogP contribution in [0.25, 0.3) is 11.3 Å². The van der Waals surface area contributed by atoms with Gasteiger partial charge in [0.2, 0.25) is 0 Å². The Hall–Kier alpha value is -1.94. The largest absolute Gasteiger partial charge is 0.369 e. The Labute approximate surface area is 114 Å². The second-order valence-corrected chi connectivity index (χ2v) is 4.45. The third kappa shape index (κ3) is 3.76. The summed E-state index contributed by atoms with van der Waals surface area (Å²) in [6, 6.07) is 10.5. The fourth-order valence-electron chi connectivity index (χ4n) is 1.94. The minimum absolute atomic E-state index is 0.588. The minimum atomic E-state index is 0.588. The number of aryl methyl sites for hydroxylation is 1. The number of nitrogens with one attached hydrogen (secondary N) is 1. The zero-order chi connectivity index (χ0) is 13.5. The number of aromatic nitrogens is 2. The quantitative estimate of drug-likeness (QED) is 0.833. The zero-order valence-electron chi connectivity index (χ0n) is 11.3. The highest BCUT2D eigenvalue weighted by Crippen LogP contribution is 2.19. The first kappa shape index (κ1) is 13.5. The average Bonchev–Trinajstić information content (AvgIpc) is 2.46. The highest BCUT2D eigenvalue weighted by Gasteiger charge is 2.02. The van der Waals surface area contributed by atoms with Crippen molar-refractivity contribution in [3.05, 3.63) is 42.2 Å². The number of anilines is 1. The predicted molar refractivity (Wildman–Crippen MR) is 79.0 cm³/mol. The molecule has 19 heavy (non-hydrogen) atoms. The number of rotatable bonds is 6. The van der Waals surface area contributed by atoms with E-state index in [1.807, 2.05) is 6.07 Å². The van der Waals surface area contributed by atoms with Crippen LogP contribution < -0.4 is 11.1 Å². The summed E-state index contributed by atoms with van der Waals surface area (Å²) in [5, 5.41) is 3.16. The molecule has 1 heterocycles. The van der Waals surface area contributed by atoms with Gasteiger partial charge in [-0.05, 0) is 12.0 Å². The maximum absolute atomic E-state index is 5.46. The van der Waals surface area contributed by atoms with Gasteiger partial charge in [-0.3, -0.25) is 0 Å². The van der Waals surface area contributed by atoms with Crippen LogP contribution in [-0.4, -0.2) is 23.1 Å². The summed E-state index contributed by atoms with van der Waals surface area (Å²) in [5.41, 5.74) is 8.87. The van der Waals surface area contributed by atoms with Gasteiger partial charge in [0, 0.05) is 24.7 Å². The molecule has 0 saturated carbocycles. The molecule has 2 rings (SSSR count). The minimum Gasteiger partial charge on any atom is -0.369 e. The zero-order valence-corrected chi connectivity index (χ0v) is 11.3. The van der Waals surface area contributed by atoms with Crippen molar-refractivity contribution < 1.29 is 0 Å². The smallest absolute Gasteiger partial charge is 0.129 e. The van der Waals surface area contributed by atoms with Gasteiger partial charge in [0.1, 0.15) is 12.1 Å². The number of nitrogens with two attached hydrogens (primary N) is 1. The molecule has 0 spiro atoms. The molecule has 0 radical (unpaired) electrons. The summed E-state index contributed by atoms with van der Waals surface area (Å²) >= 11 is 0. The number of nitrogens with zero attached hydrogens (tertiary/aromatic N) is 2. The number of hydrogen-bond donors (Lipinski definition) is 2. The van der Waals surface area contributed by atoms with E-state index in [0.717, 1.165) is 23.5 Å². The monoisotopic (exact) mass is 256 g/mol. The molecule has 0 aliphatic carbocycles. The Kier molecular flexibility index (Phi) is 4.86. The molecule has 3 N–H and O–H groups in total. The van der Waals surface area contributed by atoms with Crippen LogP contribution in [0.3, 0.4) is 0 Å². The van der Waals surface area contributed by atoms with E-state index in [1.165, 1.54) is 12.0 Å². The average molecular weight is 256 g/mol. The van der Waals surface area contributed by atoms with Gasteiger partial charge >= 0.3 is 0 Å². The van der Waals surface area contributed by atoms with Crippen molar-refractivity contribution in [2.75, 3.05) is 18.4 Å². The van der Waals surface area contributed by atoms with Gasteiger partial charge in [-0.1, -0.05) is 37.6 Å². The van der Waals surface area contributed by atoms with Crippen LogP contribution in [0.4, 0.5) is 5.82 Å². The Bertz CT molecular complexity index is 508. The summed E-state index contributed by atoms with van der Waals surface area (Å²) in [4.78, 5) is 8.48. The van der Waals surface area contributed by atoms with Crippen LogP contribution in [0.1, 0.15) is 18.9 Å². The van der Waals surface area contributed by atoms with Gasteiger partial charge in [-0.2, -0.15) is 0 Å². The van der Waals surface area contributed by atoms with E-state index in [1.54, 1.807) is 6.33 Å². The highest BCUT2D eigenvalue weighted by atomic mass is 15.0. The van der Waals surface area contributed by atoms with E-state index < -0.39 is 0 Å². The molecule has 2 aromatic rings. The Morgan fingerprint density at radius 3 is 2.63 bits per heavy atom. The normalized spacial score (nSPS) is 10.4. The van der Waals surface area contributed by atoms with Crippen molar-refractivity contribution in [3.8, 4) is 11.3 Å². The summed E-state index contributed by atoms with van der Waals surface area (Å²) in [6.07, 6.45) is 3.86. The molecule has 0 amide bonds. The van der Waals surface area contributed by atoms with Crippen molar-refractivity contribution in [1.29, 1.82) is 0 Å². The van der Waals surface area contributed by atoms with Crippen molar-refractivity contribution >= 4 is 5.82 Å². The summed E-state index contributed by atoms with van der Waals surface area (Å²) in [5.74, 6) is 0.813. The number of hydrogen-bond acceptors (Lipinski definition) is 4.